The first-order chi connectivity index (χ1) is 8.75. The van der Waals surface area contributed by atoms with Gasteiger partial charge in [0.1, 0.15) is 5.75 Å². The lowest BCUT2D eigenvalue weighted by molar-refractivity contribution is 0.463. The molecule has 0 spiro atoms. The van der Waals surface area contributed by atoms with E-state index in [1.165, 1.54) is 11.3 Å². The zero-order valence-electron chi connectivity index (χ0n) is 10.6. The maximum Gasteiger partial charge on any atom is 0.123 e. The van der Waals surface area contributed by atoms with Gasteiger partial charge in [-0.2, -0.15) is 0 Å². The number of anilines is 1. The number of nitrogens with zero attached hydrogens (tertiary/aromatic N) is 1. The number of aryl methyl sites for hydroxylation is 1. The van der Waals surface area contributed by atoms with Gasteiger partial charge in [-0.15, -0.1) is 0 Å². The zero-order valence-corrected chi connectivity index (χ0v) is 10.6. The Morgan fingerprint density at radius 3 is 2.83 bits per heavy atom. The highest BCUT2D eigenvalue weighted by molar-refractivity contribution is 5.58. The Hall–Kier alpha value is -1.96. The van der Waals surface area contributed by atoms with Gasteiger partial charge in [0, 0.05) is 24.3 Å². The van der Waals surface area contributed by atoms with Gasteiger partial charge < -0.3 is 10.0 Å². The third kappa shape index (κ3) is 1.84. The van der Waals surface area contributed by atoms with Gasteiger partial charge in [0.15, 0.2) is 0 Å². The summed E-state index contributed by atoms with van der Waals surface area (Å²) < 4.78 is 0. The van der Waals surface area contributed by atoms with Crippen molar-refractivity contribution in [3.63, 3.8) is 0 Å². The van der Waals surface area contributed by atoms with Crippen molar-refractivity contribution in [3.05, 3.63) is 59.2 Å². The summed E-state index contributed by atoms with van der Waals surface area (Å²) in [5, 5.41) is 10.1. The lowest BCUT2D eigenvalue weighted by Crippen LogP contribution is -2.19. The Morgan fingerprint density at radius 2 is 1.94 bits per heavy atom. The van der Waals surface area contributed by atoms with Gasteiger partial charge in [0.2, 0.25) is 0 Å². The molecule has 3 rings (SSSR count). The van der Waals surface area contributed by atoms with E-state index in [9.17, 15) is 5.11 Å². The van der Waals surface area contributed by atoms with E-state index in [0.717, 1.165) is 30.6 Å². The fraction of sp³-hybridized carbons (Fsp3) is 0.250. The molecule has 0 amide bonds. The van der Waals surface area contributed by atoms with Crippen LogP contribution in [0.5, 0.6) is 5.75 Å². The number of aromatic hydroxyl groups is 1. The van der Waals surface area contributed by atoms with Crippen molar-refractivity contribution in [1.82, 2.24) is 0 Å². The number of para-hydroxylation sites is 2. The monoisotopic (exact) mass is 239 g/mol. The van der Waals surface area contributed by atoms with Crippen LogP contribution >= 0.6 is 0 Å². The highest BCUT2D eigenvalue weighted by Gasteiger charge is 2.19. The number of phenolic OH excluding ortho intramolecular Hbond substituents is 1. The van der Waals surface area contributed by atoms with E-state index in [1.807, 2.05) is 25.1 Å². The van der Waals surface area contributed by atoms with Crippen LogP contribution in [0.15, 0.2) is 42.5 Å². The lowest BCUT2D eigenvalue weighted by atomic mass is 10.1. The van der Waals surface area contributed by atoms with E-state index < -0.39 is 0 Å². The molecule has 1 heterocycles. The van der Waals surface area contributed by atoms with Crippen LogP contribution in [0.1, 0.15) is 16.7 Å². The number of hydrogen-bond donors (Lipinski definition) is 1. The lowest BCUT2D eigenvalue weighted by Gasteiger charge is -2.20. The summed E-state index contributed by atoms with van der Waals surface area (Å²) in [4.78, 5) is 2.34. The van der Waals surface area contributed by atoms with Crippen LogP contribution in [0.3, 0.4) is 0 Å². The molecule has 92 valence electrons. The zero-order chi connectivity index (χ0) is 12.5. The Bertz CT molecular complexity index is 577. The molecule has 0 bridgehead atoms. The second-order valence-corrected chi connectivity index (χ2v) is 4.88. The van der Waals surface area contributed by atoms with Gasteiger partial charge >= 0.3 is 0 Å². The summed E-state index contributed by atoms with van der Waals surface area (Å²) >= 11 is 0. The molecule has 1 N–H and O–H groups in total. The first-order valence-corrected chi connectivity index (χ1v) is 6.36. The minimum atomic E-state index is 0.432. The van der Waals surface area contributed by atoms with E-state index in [4.69, 9.17) is 0 Å². The number of benzene rings is 2. The van der Waals surface area contributed by atoms with Gasteiger partial charge in [-0.25, -0.2) is 0 Å². The summed E-state index contributed by atoms with van der Waals surface area (Å²) in [6.45, 7) is 3.76. The second-order valence-electron chi connectivity index (χ2n) is 4.88. The fourth-order valence-electron chi connectivity index (χ4n) is 2.62. The molecule has 2 aromatic rings. The van der Waals surface area contributed by atoms with Gasteiger partial charge in [-0.05, 0) is 30.5 Å². The molecule has 1 aliphatic rings. The molecule has 0 radical (unpaired) electrons. The van der Waals surface area contributed by atoms with Crippen molar-refractivity contribution in [2.75, 3.05) is 11.4 Å². The van der Waals surface area contributed by atoms with Crippen LogP contribution in [-0.4, -0.2) is 11.7 Å². The molecule has 2 nitrogen and oxygen atoms in total. The van der Waals surface area contributed by atoms with Gasteiger partial charge in [-0.3, -0.25) is 0 Å². The van der Waals surface area contributed by atoms with Crippen molar-refractivity contribution >= 4 is 5.69 Å². The molecule has 2 heteroatoms. The smallest absolute Gasteiger partial charge is 0.123 e. The van der Waals surface area contributed by atoms with Crippen LogP contribution in [0.25, 0.3) is 0 Å². The molecule has 0 atom stereocenters. The molecule has 0 saturated carbocycles. The summed E-state index contributed by atoms with van der Waals surface area (Å²) in [5.41, 5.74) is 4.66. The minimum Gasteiger partial charge on any atom is -0.507 e. The van der Waals surface area contributed by atoms with Gasteiger partial charge in [0.25, 0.3) is 0 Å². The maximum atomic E-state index is 10.1. The Labute approximate surface area is 107 Å². The first-order valence-electron chi connectivity index (χ1n) is 6.36. The number of phenols is 1. The van der Waals surface area contributed by atoms with E-state index >= 15 is 0 Å². The Morgan fingerprint density at radius 1 is 1.11 bits per heavy atom. The average molecular weight is 239 g/mol. The van der Waals surface area contributed by atoms with Gasteiger partial charge in [0.05, 0.1) is 0 Å². The van der Waals surface area contributed by atoms with Crippen LogP contribution in [0.2, 0.25) is 0 Å². The third-order valence-electron chi connectivity index (χ3n) is 3.67. The number of rotatable bonds is 2. The van der Waals surface area contributed by atoms with Gasteiger partial charge in [-0.1, -0.05) is 36.4 Å². The van der Waals surface area contributed by atoms with Crippen LogP contribution in [0.4, 0.5) is 5.69 Å². The quantitative estimate of drug-likeness (QED) is 0.869. The SMILES string of the molecule is Cc1cccc(CN2CCc3ccccc32)c1O. The topological polar surface area (TPSA) is 23.5 Å². The molecule has 18 heavy (non-hydrogen) atoms. The third-order valence-corrected chi connectivity index (χ3v) is 3.67. The molecule has 1 aliphatic heterocycles. The molecule has 0 saturated heterocycles. The van der Waals surface area contributed by atoms with Crippen molar-refractivity contribution in [2.24, 2.45) is 0 Å². The highest BCUT2D eigenvalue weighted by Crippen LogP contribution is 2.31. The standard InChI is InChI=1S/C16H17NO/c1-12-5-4-7-14(16(12)18)11-17-10-9-13-6-2-3-8-15(13)17/h2-8,18H,9-11H2,1H3. The molecular formula is C16H17NO. The molecule has 0 fully saturated rings. The van der Waals surface area contributed by atoms with Crippen LogP contribution < -0.4 is 4.90 Å². The van der Waals surface area contributed by atoms with Crippen LogP contribution in [-0.2, 0) is 13.0 Å². The average Bonchev–Trinajstić information content (AvgIpc) is 2.79. The van der Waals surface area contributed by atoms with E-state index in [-0.39, 0.29) is 0 Å². The highest BCUT2D eigenvalue weighted by atomic mass is 16.3. The molecule has 0 aliphatic carbocycles. The maximum absolute atomic E-state index is 10.1. The Balaban J connectivity index is 1.89. The Kier molecular flexibility index (Phi) is 2.71. The molecule has 0 aromatic heterocycles. The minimum absolute atomic E-state index is 0.432. The van der Waals surface area contributed by atoms with E-state index in [0.29, 0.717) is 5.75 Å². The predicted molar refractivity (Wildman–Crippen MR) is 74.0 cm³/mol. The number of fused-ring (bicyclic) bond motifs is 1. The van der Waals surface area contributed by atoms with Crippen molar-refractivity contribution < 1.29 is 5.11 Å². The molecular weight excluding hydrogens is 222 g/mol. The largest absolute Gasteiger partial charge is 0.507 e. The fourth-order valence-corrected chi connectivity index (χ4v) is 2.62. The van der Waals surface area contributed by atoms with E-state index in [1.54, 1.807) is 0 Å². The summed E-state index contributed by atoms with van der Waals surface area (Å²) in [7, 11) is 0. The summed E-state index contributed by atoms with van der Waals surface area (Å²) in [6, 6.07) is 14.5. The van der Waals surface area contributed by atoms with Crippen molar-refractivity contribution in [2.45, 2.75) is 19.9 Å². The molecule has 2 aromatic carbocycles. The second kappa shape index (κ2) is 4.37. The van der Waals surface area contributed by atoms with E-state index in [2.05, 4.69) is 29.2 Å². The predicted octanol–water partition coefficient (Wildman–Crippen LogP) is 3.26. The molecule has 0 unspecified atom stereocenters. The van der Waals surface area contributed by atoms with Crippen molar-refractivity contribution in [1.29, 1.82) is 0 Å². The summed E-state index contributed by atoms with van der Waals surface area (Å²) in [6.07, 6.45) is 1.10. The number of hydrogen-bond acceptors (Lipinski definition) is 2. The van der Waals surface area contributed by atoms with Crippen molar-refractivity contribution in [3.8, 4) is 5.75 Å². The summed E-state index contributed by atoms with van der Waals surface area (Å²) in [5.74, 6) is 0.432. The first kappa shape index (κ1) is 11.1. The normalized spacial score (nSPS) is 13.7. The van der Waals surface area contributed by atoms with Crippen LogP contribution in [0, 0.1) is 6.92 Å².